The summed E-state index contributed by atoms with van der Waals surface area (Å²) in [7, 11) is 0. The first-order valence-electron chi connectivity index (χ1n) is 5.97. The van der Waals surface area contributed by atoms with Gasteiger partial charge in [0, 0.05) is 16.1 Å². The molecule has 2 aromatic rings. The molecule has 18 heavy (non-hydrogen) atoms. The molecule has 0 heterocycles. The van der Waals surface area contributed by atoms with Crippen LogP contribution in [-0.4, -0.2) is 6.29 Å². The molecule has 0 fully saturated rings. The lowest BCUT2D eigenvalue weighted by molar-refractivity contribution is 0.112. The van der Waals surface area contributed by atoms with E-state index >= 15 is 0 Å². The van der Waals surface area contributed by atoms with Crippen molar-refractivity contribution in [2.45, 2.75) is 19.8 Å². The van der Waals surface area contributed by atoms with E-state index in [1.165, 1.54) is 5.56 Å². The minimum Gasteiger partial charge on any atom is -0.298 e. The Morgan fingerprint density at radius 3 is 2.50 bits per heavy atom. The van der Waals surface area contributed by atoms with E-state index in [1.54, 1.807) is 12.1 Å². The van der Waals surface area contributed by atoms with Crippen LogP contribution in [0, 0.1) is 0 Å². The highest BCUT2D eigenvalue weighted by Crippen LogP contribution is 2.30. The summed E-state index contributed by atoms with van der Waals surface area (Å²) < 4.78 is 0. The lowest BCUT2D eigenvalue weighted by atomic mass is 9.97. The summed E-state index contributed by atoms with van der Waals surface area (Å²) in [6, 6.07) is 13.7. The monoisotopic (exact) mass is 258 g/mol. The molecule has 0 saturated heterocycles. The second kappa shape index (κ2) is 5.36. The van der Waals surface area contributed by atoms with Crippen LogP contribution in [0.15, 0.2) is 42.5 Å². The molecule has 92 valence electrons. The second-order valence-electron chi connectivity index (χ2n) is 4.64. The quantitative estimate of drug-likeness (QED) is 0.713. The van der Waals surface area contributed by atoms with Crippen LogP contribution in [0.25, 0.3) is 11.1 Å². The molecule has 1 nitrogen and oxygen atoms in total. The zero-order chi connectivity index (χ0) is 13.1. The third kappa shape index (κ3) is 2.62. The van der Waals surface area contributed by atoms with Gasteiger partial charge in [-0.2, -0.15) is 0 Å². The summed E-state index contributed by atoms with van der Waals surface area (Å²) in [6.07, 6.45) is 0.806. The van der Waals surface area contributed by atoms with Crippen molar-refractivity contribution in [2.75, 3.05) is 0 Å². The van der Waals surface area contributed by atoms with Gasteiger partial charge >= 0.3 is 0 Å². The van der Waals surface area contributed by atoms with E-state index in [-0.39, 0.29) is 0 Å². The van der Waals surface area contributed by atoms with Crippen molar-refractivity contribution in [3.05, 3.63) is 58.6 Å². The Kier molecular flexibility index (Phi) is 3.83. The number of aldehydes is 1. The minimum atomic E-state index is 0.484. The lowest BCUT2D eigenvalue weighted by Gasteiger charge is -2.10. The van der Waals surface area contributed by atoms with Crippen molar-refractivity contribution in [1.82, 2.24) is 0 Å². The molecule has 0 amide bonds. The molecule has 2 aromatic carbocycles. The van der Waals surface area contributed by atoms with Crippen molar-refractivity contribution in [2.24, 2.45) is 0 Å². The van der Waals surface area contributed by atoms with E-state index in [2.05, 4.69) is 26.0 Å². The highest BCUT2D eigenvalue weighted by Gasteiger charge is 2.06. The van der Waals surface area contributed by atoms with Gasteiger partial charge in [0.25, 0.3) is 0 Å². The Bertz CT molecular complexity index is 573. The number of hydrogen-bond donors (Lipinski definition) is 0. The van der Waals surface area contributed by atoms with Crippen LogP contribution < -0.4 is 0 Å². The number of carbonyl (C=O) groups is 1. The summed E-state index contributed by atoms with van der Waals surface area (Å²) in [6.45, 7) is 4.33. The second-order valence-corrected chi connectivity index (χ2v) is 5.04. The average Bonchev–Trinajstić information content (AvgIpc) is 2.38. The SMILES string of the molecule is CC(C)c1cccc(-c2ccc(C=O)cc2Cl)c1. The van der Waals surface area contributed by atoms with Crippen molar-refractivity contribution >= 4 is 17.9 Å². The van der Waals surface area contributed by atoms with Gasteiger partial charge < -0.3 is 0 Å². The Morgan fingerprint density at radius 2 is 1.89 bits per heavy atom. The van der Waals surface area contributed by atoms with Gasteiger partial charge in [-0.05, 0) is 23.1 Å². The highest BCUT2D eigenvalue weighted by molar-refractivity contribution is 6.33. The number of rotatable bonds is 3. The molecule has 0 unspecified atom stereocenters. The lowest BCUT2D eigenvalue weighted by Crippen LogP contribution is -1.89. The fraction of sp³-hybridized carbons (Fsp3) is 0.188. The molecule has 2 heteroatoms. The van der Waals surface area contributed by atoms with Crippen molar-refractivity contribution in [1.29, 1.82) is 0 Å². The molecule has 0 N–H and O–H groups in total. The number of carbonyl (C=O) groups excluding carboxylic acids is 1. The summed E-state index contributed by atoms with van der Waals surface area (Å²) in [4.78, 5) is 10.7. The highest BCUT2D eigenvalue weighted by atomic mass is 35.5. The molecule has 0 radical (unpaired) electrons. The van der Waals surface area contributed by atoms with Crippen molar-refractivity contribution in [3.63, 3.8) is 0 Å². The fourth-order valence-electron chi connectivity index (χ4n) is 1.90. The van der Waals surface area contributed by atoms with E-state index in [0.29, 0.717) is 16.5 Å². The summed E-state index contributed by atoms with van der Waals surface area (Å²) in [5.74, 6) is 0.484. The first-order valence-corrected chi connectivity index (χ1v) is 6.34. The van der Waals surface area contributed by atoms with Gasteiger partial charge in [0.2, 0.25) is 0 Å². The molecule has 0 saturated carbocycles. The zero-order valence-corrected chi connectivity index (χ0v) is 11.2. The summed E-state index contributed by atoms with van der Waals surface area (Å²) in [5.41, 5.74) is 3.93. The minimum absolute atomic E-state index is 0.484. The van der Waals surface area contributed by atoms with Crippen molar-refractivity contribution in [3.8, 4) is 11.1 Å². The van der Waals surface area contributed by atoms with Crippen LogP contribution in [0.5, 0.6) is 0 Å². The van der Waals surface area contributed by atoms with Gasteiger partial charge in [0.05, 0.1) is 0 Å². The Labute approximate surface area is 112 Å². The number of halogens is 1. The molecule has 0 aromatic heterocycles. The first kappa shape index (κ1) is 12.8. The molecule has 0 aliphatic heterocycles. The van der Waals surface area contributed by atoms with E-state index < -0.39 is 0 Å². The largest absolute Gasteiger partial charge is 0.298 e. The van der Waals surface area contributed by atoms with Gasteiger partial charge in [-0.3, -0.25) is 4.79 Å². The van der Waals surface area contributed by atoms with E-state index in [4.69, 9.17) is 11.6 Å². The van der Waals surface area contributed by atoms with Crippen LogP contribution in [0.3, 0.4) is 0 Å². The fourth-order valence-corrected chi connectivity index (χ4v) is 2.20. The first-order chi connectivity index (χ1) is 8.61. The molecule has 0 aliphatic carbocycles. The third-order valence-electron chi connectivity index (χ3n) is 2.99. The third-order valence-corrected chi connectivity index (χ3v) is 3.31. The van der Waals surface area contributed by atoms with E-state index in [1.807, 2.05) is 18.2 Å². The van der Waals surface area contributed by atoms with Gasteiger partial charge in [-0.25, -0.2) is 0 Å². The molecule has 2 rings (SSSR count). The maximum Gasteiger partial charge on any atom is 0.150 e. The Balaban J connectivity index is 2.48. The molecule has 0 bridgehead atoms. The molecular formula is C16H15ClO. The Hall–Kier alpha value is -1.60. The normalized spacial score (nSPS) is 10.7. The summed E-state index contributed by atoms with van der Waals surface area (Å²) in [5, 5.41) is 0.612. The standard InChI is InChI=1S/C16H15ClO/c1-11(2)13-4-3-5-14(9-13)15-7-6-12(10-18)8-16(15)17/h3-11H,1-2H3. The molecule has 0 aliphatic rings. The van der Waals surface area contributed by atoms with Crippen LogP contribution in [0.1, 0.15) is 35.7 Å². The maximum absolute atomic E-state index is 10.7. The van der Waals surface area contributed by atoms with Gasteiger partial charge in [0.1, 0.15) is 6.29 Å². The predicted octanol–water partition coefficient (Wildman–Crippen LogP) is 4.94. The van der Waals surface area contributed by atoms with Gasteiger partial charge in [-0.15, -0.1) is 0 Å². The van der Waals surface area contributed by atoms with Crippen LogP contribution in [0.4, 0.5) is 0 Å². The maximum atomic E-state index is 10.7. The zero-order valence-electron chi connectivity index (χ0n) is 10.5. The van der Waals surface area contributed by atoms with Crippen molar-refractivity contribution < 1.29 is 4.79 Å². The molecule has 0 atom stereocenters. The van der Waals surface area contributed by atoms with Crippen LogP contribution in [-0.2, 0) is 0 Å². The average molecular weight is 259 g/mol. The molecular weight excluding hydrogens is 244 g/mol. The van der Waals surface area contributed by atoms with E-state index in [0.717, 1.165) is 17.4 Å². The van der Waals surface area contributed by atoms with Crippen LogP contribution >= 0.6 is 11.6 Å². The van der Waals surface area contributed by atoms with Gasteiger partial charge in [-0.1, -0.05) is 61.8 Å². The number of benzene rings is 2. The van der Waals surface area contributed by atoms with E-state index in [9.17, 15) is 4.79 Å². The van der Waals surface area contributed by atoms with Crippen LogP contribution in [0.2, 0.25) is 5.02 Å². The predicted molar refractivity (Wildman–Crippen MR) is 76.4 cm³/mol. The number of hydrogen-bond acceptors (Lipinski definition) is 1. The Morgan fingerprint density at radius 1 is 1.11 bits per heavy atom. The smallest absolute Gasteiger partial charge is 0.150 e. The summed E-state index contributed by atoms with van der Waals surface area (Å²) >= 11 is 6.22. The van der Waals surface area contributed by atoms with Gasteiger partial charge in [0.15, 0.2) is 0 Å². The molecule has 0 spiro atoms. The topological polar surface area (TPSA) is 17.1 Å².